The number of ether oxygens (including phenoxy) is 1. The topological polar surface area (TPSA) is 34.1 Å². The van der Waals surface area contributed by atoms with E-state index in [1.54, 1.807) is 0 Å². The molecule has 2 fully saturated rings. The Morgan fingerprint density at radius 2 is 2.12 bits per heavy atom. The van der Waals surface area contributed by atoms with Gasteiger partial charge in [0.1, 0.15) is 6.10 Å². The van der Waals surface area contributed by atoms with Crippen LogP contribution in [0.15, 0.2) is 18.3 Å². The van der Waals surface area contributed by atoms with Gasteiger partial charge in [-0.15, -0.1) is 12.4 Å². The van der Waals surface area contributed by atoms with Gasteiger partial charge in [-0.05, 0) is 25.0 Å². The fourth-order valence-electron chi connectivity index (χ4n) is 2.60. The Hall–Kier alpha value is -0.800. The number of hydrogen-bond acceptors (Lipinski definition) is 3. The Morgan fingerprint density at radius 1 is 1.38 bits per heavy atom. The molecule has 1 aliphatic heterocycles. The van der Waals surface area contributed by atoms with Gasteiger partial charge in [0, 0.05) is 37.2 Å². The molecule has 0 aromatic carbocycles. The summed E-state index contributed by atoms with van der Waals surface area (Å²) in [7, 11) is 0. The van der Waals surface area contributed by atoms with E-state index in [4.69, 9.17) is 4.74 Å². The number of rotatable bonds is 2. The second-order valence-electron chi connectivity index (χ2n) is 4.67. The normalized spacial score (nSPS) is 31.2. The number of pyridine rings is 1. The average molecular weight is 241 g/mol. The Kier molecular flexibility index (Phi) is 3.36. The molecule has 4 heteroatoms. The molecule has 3 atom stereocenters. The first-order valence-electron chi connectivity index (χ1n) is 5.63. The largest absolute Gasteiger partial charge is 0.474 e. The number of halogens is 1. The lowest BCUT2D eigenvalue weighted by atomic mass is 9.69. The van der Waals surface area contributed by atoms with E-state index in [9.17, 15) is 0 Å². The van der Waals surface area contributed by atoms with Gasteiger partial charge in [0.15, 0.2) is 0 Å². The maximum Gasteiger partial charge on any atom is 0.213 e. The van der Waals surface area contributed by atoms with E-state index in [2.05, 4.69) is 17.2 Å². The Bertz CT molecular complexity index is 358. The molecule has 1 N–H and O–H groups in total. The number of piperidine rings is 2. The van der Waals surface area contributed by atoms with Crippen LogP contribution in [0.3, 0.4) is 0 Å². The van der Waals surface area contributed by atoms with Crippen LogP contribution in [0.2, 0.25) is 0 Å². The first-order valence-corrected chi connectivity index (χ1v) is 5.63. The molecule has 0 spiro atoms. The summed E-state index contributed by atoms with van der Waals surface area (Å²) in [6, 6.07) is 4.01. The maximum absolute atomic E-state index is 5.95. The van der Waals surface area contributed by atoms with Crippen LogP contribution in [0.5, 0.6) is 5.88 Å². The van der Waals surface area contributed by atoms with Gasteiger partial charge in [0.05, 0.1) is 0 Å². The van der Waals surface area contributed by atoms with Crippen LogP contribution in [0.1, 0.15) is 12.0 Å². The number of fused-ring (bicyclic) bond motifs is 2. The second kappa shape index (κ2) is 4.60. The minimum atomic E-state index is 0. The highest BCUT2D eigenvalue weighted by atomic mass is 35.5. The highest BCUT2D eigenvalue weighted by molar-refractivity contribution is 5.85. The van der Waals surface area contributed by atoms with Crippen molar-refractivity contribution in [3.05, 3.63) is 23.9 Å². The van der Waals surface area contributed by atoms with E-state index >= 15 is 0 Å². The molecular formula is C12H17ClN2O. The minimum Gasteiger partial charge on any atom is -0.474 e. The van der Waals surface area contributed by atoms with Crippen molar-refractivity contribution >= 4 is 12.4 Å². The number of aromatic nitrogens is 1. The van der Waals surface area contributed by atoms with Crippen molar-refractivity contribution in [2.75, 3.05) is 13.1 Å². The predicted molar refractivity (Wildman–Crippen MR) is 65.1 cm³/mol. The van der Waals surface area contributed by atoms with Crippen LogP contribution in [-0.4, -0.2) is 24.2 Å². The van der Waals surface area contributed by atoms with E-state index in [-0.39, 0.29) is 12.4 Å². The lowest BCUT2D eigenvalue weighted by molar-refractivity contribution is -0.0470. The third kappa shape index (κ3) is 2.02. The number of aryl methyl sites for hydroxylation is 1. The number of hydrogen-bond donors (Lipinski definition) is 1. The predicted octanol–water partition coefficient (Wildman–Crippen LogP) is 1.80. The van der Waals surface area contributed by atoms with Gasteiger partial charge < -0.3 is 10.1 Å². The summed E-state index contributed by atoms with van der Waals surface area (Å²) < 4.78 is 5.95. The van der Waals surface area contributed by atoms with E-state index in [1.165, 1.54) is 12.0 Å². The quantitative estimate of drug-likeness (QED) is 0.856. The van der Waals surface area contributed by atoms with Gasteiger partial charge in [-0.1, -0.05) is 0 Å². The first kappa shape index (κ1) is 11.7. The van der Waals surface area contributed by atoms with Crippen molar-refractivity contribution in [3.8, 4) is 5.88 Å². The van der Waals surface area contributed by atoms with E-state index in [0.29, 0.717) is 17.9 Å². The summed E-state index contributed by atoms with van der Waals surface area (Å²) in [4.78, 5) is 4.25. The van der Waals surface area contributed by atoms with Crippen molar-refractivity contribution < 1.29 is 4.74 Å². The second-order valence-corrected chi connectivity index (χ2v) is 4.67. The van der Waals surface area contributed by atoms with Gasteiger partial charge in [0.25, 0.3) is 0 Å². The van der Waals surface area contributed by atoms with Crippen LogP contribution >= 0.6 is 12.4 Å². The molecule has 1 unspecified atom stereocenters. The molecule has 88 valence electrons. The summed E-state index contributed by atoms with van der Waals surface area (Å²) in [5.41, 5.74) is 1.21. The molecule has 2 heterocycles. The minimum absolute atomic E-state index is 0. The molecule has 0 amide bonds. The van der Waals surface area contributed by atoms with Gasteiger partial charge in [-0.2, -0.15) is 0 Å². The third-order valence-electron chi connectivity index (χ3n) is 3.49. The van der Waals surface area contributed by atoms with Crippen LogP contribution in [0.25, 0.3) is 0 Å². The van der Waals surface area contributed by atoms with Crippen molar-refractivity contribution in [2.24, 2.45) is 11.8 Å². The molecular weight excluding hydrogens is 224 g/mol. The molecule has 16 heavy (non-hydrogen) atoms. The standard InChI is InChI=1S/C12H16N2O.ClH/c1-8-2-3-14-11(4-8)15-12-9-5-10(12)7-13-6-9;/h2-4,9-10,12-13H,5-7H2,1H3;1H/t9-,10+,12?;. The summed E-state index contributed by atoms with van der Waals surface area (Å²) in [5.74, 6) is 2.19. The molecule has 3 nitrogen and oxygen atoms in total. The van der Waals surface area contributed by atoms with Crippen LogP contribution in [-0.2, 0) is 0 Å². The molecule has 1 aromatic rings. The number of nitrogens with zero attached hydrogens (tertiary/aromatic N) is 1. The number of nitrogens with one attached hydrogen (secondary N) is 1. The van der Waals surface area contributed by atoms with Gasteiger partial charge in [-0.25, -0.2) is 4.98 Å². The zero-order valence-electron chi connectivity index (χ0n) is 9.35. The van der Waals surface area contributed by atoms with Crippen molar-refractivity contribution in [3.63, 3.8) is 0 Å². The monoisotopic (exact) mass is 240 g/mol. The highest BCUT2D eigenvalue weighted by Gasteiger charge is 2.45. The van der Waals surface area contributed by atoms with E-state index in [1.807, 2.05) is 18.3 Å². The summed E-state index contributed by atoms with van der Waals surface area (Å²) >= 11 is 0. The van der Waals surface area contributed by atoms with Crippen LogP contribution in [0, 0.1) is 18.8 Å². The molecule has 2 bridgehead atoms. The fourth-order valence-corrected chi connectivity index (χ4v) is 2.60. The van der Waals surface area contributed by atoms with Gasteiger partial charge >= 0.3 is 0 Å². The van der Waals surface area contributed by atoms with E-state index < -0.39 is 0 Å². The Labute approximate surface area is 102 Å². The molecule has 3 rings (SSSR count). The maximum atomic E-state index is 5.95. The summed E-state index contributed by atoms with van der Waals surface area (Å²) in [6.45, 7) is 4.28. The Balaban J connectivity index is 0.000000963. The SMILES string of the molecule is Cc1ccnc(OC2[C@@H]3CNC[C@H]2C3)c1.Cl. The van der Waals surface area contributed by atoms with Crippen LogP contribution in [0.4, 0.5) is 0 Å². The molecule has 1 aliphatic carbocycles. The van der Waals surface area contributed by atoms with Crippen molar-refractivity contribution in [2.45, 2.75) is 19.4 Å². The average Bonchev–Trinajstić information content (AvgIpc) is 2.27. The lowest BCUT2D eigenvalue weighted by Gasteiger charge is -2.48. The summed E-state index contributed by atoms with van der Waals surface area (Å²) in [6.07, 6.45) is 3.54. The molecule has 1 saturated heterocycles. The molecule has 2 aliphatic rings. The molecule has 1 aromatic heterocycles. The van der Waals surface area contributed by atoms with Gasteiger partial charge in [0.2, 0.25) is 5.88 Å². The van der Waals surface area contributed by atoms with E-state index in [0.717, 1.165) is 19.0 Å². The fraction of sp³-hybridized carbons (Fsp3) is 0.583. The zero-order valence-corrected chi connectivity index (χ0v) is 10.2. The van der Waals surface area contributed by atoms with Crippen LogP contribution < -0.4 is 10.1 Å². The molecule has 0 radical (unpaired) electrons. The zero-order chi connectivity index (χ0) is 10.3. The smallest absolute Gasteiger partial charge is 0.213 e. The van der Waals surface area contributed by atoms with Gasteiger partial charge in [-0.3, -0.25) is 0 Å². The van der Waals surface area contributed by atoms with Crippen molar-refractivity contribution in [1.29, 1.82) is 0 Å². The Morgan fingerprint density at radius 3 is 2.75 bits per heavy atom. The lowest BCUT2D eigenvalue weighted by Crippen LogP contribution is -2.59. The highest BCUT2D eigenvalue weighted by Crippen LogP contribution is 2.39. The van der Waals surface area contributed by atoms with Crippen molar-refractivity contribution in [1.82, 2.24) is 10.3 Å². The third-order valence-corrected chi connectivity index (χ3v) is 3.49. The summed E-state index contributed by atoms with van der Waals surface area (Å²) in [5, 5.41) is 3.41. The molecule has 1 saturated carbocycles. The first-order chi connectivity index (χ1) is 7.33.